The Morgan fingerprint density at radius 3 is 2.45 bits per heavy atom. The van der Waals surface area contributed by atoms with E-state index in [-0.39, 0.29) is 12.4 Å². The summed E-state index contributed by atoms with van der Waals surface area (Å²) in [6.07, 6.45) is 2.78. The second-order valence-corrected chi connectivity index (χ2v) is 4.74. The van der Waals surface area contributed by atoms with Crippen LogP contribution in [0.25, 0.3) is 0 Å². The molecule has 0 heterocycles. The minimum Gasteiger partial charge on any atom is -0.489 e. The highest BCUT2D eigenvalue weighted by molar-refractivity contribution is 5.28. The van der Waals surface area contributed by atoms with Crippen molar-refractivity contribution >= 4 is 0 Å². The SMILES string of the molecule is OCCCCc1ccc(OCc2cccc(F)c2)cc1. The van der Waals surface area contributed by atoms with Gasteiger partial charge in [0.25, 0.3) is 0 Å². The Labute approximate surface area is 118 Å². The van der Waals surface area contributed by atoms with Crippen molar-refractivity contribution in [3.63, 3.8) is 0 Å². The molecule has 0 spiro atoms. The van der Waals surface area contributed by atoms with Crippen LogP contribution >= 0.6 is 0 Å². The van der Waals surface area contributed by atoms with Crippen LogP contribution in [0.15, 0.2) is 48.5 Å². The van der Waals surface area contributed by atoms with Gasteiger partial charge in [-0.2, -0.15) is 0 Å². The van der Waals surface area contributed by atoms with Crippen molar-refractivity contribution in [3.8, 4) is 5.75 Å². The number of aliphatic hydroxyl groups is 1. The first-order valence-corrected chi connectivity index (χ1v) is 6.85. The van der Waals surface area contributed by atoms with E-state index >= 15 is 0 Å². The molecular weight excluding hydrogens is 255 g/mol. The number of rotatable bonds is 7. The molecular formula is C17H19FO2. The molecule has 0 aliphatic heterocycles. The van der Waals surface area contributed by atoms with Crippen molar-refractivity contribution in [1.82, 2.24) is 0 Å². The third-order valence-corrected chi connectivity index (χ3v) is 3.09. The van der Waals surface area contributed by atoms with Crippen molar-refractivity contribution in [2.75, 3.05) is 6.61 Å². The Balaban J connectivity index is 1.84. The third-order valence-electron chi connectivity index (χ3n) is 3.09. The number of aliphatic hydroxyl groups excluding tert-OH is 1. The first kappa shape index (κ1) is 14.5. The molecule has 0 unspecified atom stereocenters. The fraction of sp³-hybridized carbons (Fsp3) is 0.294. The molecule has 0 amide bonds. The molecule has 2 aromatic carbocycles. The Kier molecular flexibility index (Phi) is 5.56. The molecule has 20 heavy (non-hydrogen) atoms. The number of unbranched alkanes of at least 4 members (excludes halogenated alkanes) is 1. The Morgan fingerprint density at radius 1 is 0.950 bits per heavy atom. The number of ether oxygens (including phenoxy) is 1. The second kappa shape index (κ2) is 7.65. The zero-order chi connectivity index (χ0) is 14.2. The van der Waals surface area contributed by atoms with Gasteiger partial charge in [-0.05, 0) is 54.7 Å². The topological polar surface area (TPSA) is 29.5 Å². The summed E-state index contributed by atoms with van der Waals surface area (Å²) in [4.78, 5) is 0. The van der Waals surface area contributed by atoms with Crippen molar-refractivity contribution in [3.05, 3.63) is 65.5 Å². The van der Waals surface area contributed by atoms with Gasteiger partial charge in [-0.3, -0.25) is 0 Å². The average Bonchev–Trinajstić information content (AvgIpc) is 2.47. The van der Waals surface area contributed by atoms with Gasteiger partial charge >= 0.3 is 0 Å². The monoisotopic (exact) mass is 274 g/mol. The minimum atomic E-state index is -0.245. The van der Waals surface area contributed by atoms with Crippen molar-refractivity contribution < 1.29 is 14.2 Å². The van der Waals surface area contributed by atoms with E-state index in [4.69, 9.17) is 9.84 Å². The molecule has 106 valence electrons. The van der Waals surface area contributed by atoms with E-state index in [2.05, 4.69) is 0 Å². The van der Waals surface area contributed by atoms with E-state index in [1.807, 2.05) is 30.3 Å². The molecule has 2 rings (SSSR count). The molecule has 0 saturated heterocycles. The molecule has 0 aliphatic rings. The summed E-state index contributed by atoms with van der Waals surface area (Å²) in [5.74, 6) is 0.533. The van der Waals surface area contributed by atoms with Crippen molar-refractivity contribution in [1.29, 1.82) is 0 Å². The summed E-state index contributed by atoms with van der Waals surface area (Å²) in [5, 5.41) is 8.74. The van der Waals surface area contributed by atoms with Crippen molar-refractivity contribution in [2.45, 2.75) is 25.9 Å². The summed E-state index contributed by atoms with van der Waals surface area (Å²) in [6.45, 7) is 0.608. The Bertz CT molecular complexity index is 523. The van der Waals surface area contributed by atoms with Gasteiger partial charge in [0.05, 0.1) is 0 Å². The van der Waals surface area contributed by atoms with Crippen LogP contribution in [-0.4, -0.2) is 11.7 Å². The standard InChI is InChI=1S/C17H19FO2/c18-16-6-3-5-15(12-16)13-20-17-9-7-14(8-10-17)4-1-2-11-19/h3,5-10,12,19H,1-2,4,11,13H2. The molecule has 0 atom stereocenters. The summed E-state index contributed by atoms with van der Waals surface area (Å²) >= 11 is 0. The summed E-state index contributed by atoms with van der Waals surface area (Å²) in [5.41, 5.74) is 2.05. The van der Waals surface area contributed by atoms with Gasteiger partial charge < -0.3 is 9.84 Å². The van der Waals surface area contributed by atoms with Gasteiger partial charge in [-0.1, -0.05) is 24.3 Å². The average molecular weight is 274 g/mol. The predicted octanol–water partition coefficient (Wildman–Crippen LogP) is 3.72. The van der Waals surface area contributed by atoms with Crippen LogP contribution in [-0.2, 0) is 13.0 Å². The minimum absolute atomic E-state index is 0.245. The molecule has 0 bridgehead atoms. The zero-order valence-electron chi connectivity index (χ0n) is 11.4. The smallest absolute Gasteiger partial charge is 0.123 e. The van der Waals surface area contributed by atoms with Crippen LogP contribution in [0, 0.1) is 5.82 Å². The van der Waals surface area contributed by atoms with Crippen LogP contribution in [0.1, 0.15) is 24.0 Å². The normalized spacial score (nSPS) is 10.5. The number of aryl methyl sites for hydroxylation is 1. The van der Waals surface area contributed by atoms with Crippen LogP contribution in [0.2, 0.25) is 0 Å². The maximum atomic E-state index is 13.0. The second-order valence-electron chi connectivity index (χ2n) is 4.74. The molecule has 0 radical (unpaired) electrons. The summed E-state index contributed by atoms with van der Waals surface area (Å²) in [7, 11) is 0. The van der Waals surface area contributed by atoms with Gasteiger partial charge in [-0.25, -0.2) is 4.39 Å². The van der Waals surface area contributed by atoms with Crippen LogP contribution in [0.5, 0.6) is 5.75 Å². The highest BCUT2D eigenvalue weighted by Gasteiger charge is 1.99. The summed E-state index contributed by atoms with van der Waals surface area (Å²) in [6, 6.07) is 14.3. The van der Waals surface area contributed by atoms with Gasteiger partial charge in [0.1, 0.15) is 18.2 Å². The van der Waals surface area contributed by atoms with Crippen LogP contribution < -0.4 is 4.74 Å². The number of benzene rings is 2. The van der Waals surface area contributed by atoms with E-state index in [1.54, 1.807) is 6.07 Å². The van der Waals surface area contributed by atoms with Crippen molar-refractivity contribution in [2.24, 2.45) is 0 Å². The molecule has 0 aliphatic carbocycles. The van der Waals surface area contributed by atoms with Crippen LogP contribution in [0.3, 0.4) is 0 Å². The Hall–Kier alpha value is -1.87. The lowest BCUT2D eigenvalue weighted by Crippen LogP contribution is -1.96. The highest BCUT2D eigenvalue weighted by Crippen LogP contribution is 2.16. The van der Waals surface area contributed by atoms with E-state index in [0.29, 0.717) is 6.61 Å². The molecule has 1 N–H and O–H groups in total. The zero-order valence-corrected chi connectivity index (χ0v) is 11.4. The lowest BCUT2D eigenvalue weighted by Gasteiger charge is -2.07. The fourth-order valence-electron chi connectivity index (χ4n) is 1.99. The maximum Gasteiger partial charge on any atom is 0.123 e. The van der Waals surface area contributed by atoms with E-state index in [0.717, 1.165) is 30.6 Å². The molecule has 3 heteroatoms. The first-order valence-electron chi connectivity index (χ1n) is 6.85. The molecule has 2 aromatic rings. The number of hydrogen-bond donors (Lipinski definition) is 1. The maximum absolute atomic E-state index is 13.0. The molecule has 2 nitrogen and oxygen atoms in total. The lowest BCUT2D eigenvalue weighted by atomic mass is 10.1. The van der Waals surface area contributed by atoms with E-state index in [1.165, 1.54) is 17.7 Å². The van der Waals surface area contributed by atoms with E-state index in [9.17, 15) is 4.39 Å². The fourth-order valence-corrected chi connectivity index (χ4v) is 1.99. The van der Waals surface area contributed by atoms with Gasteiger partial charge in [-0.15, -0.1) is 0 Å². The van der Waals surface area contributed by atoms with Gasteiger partial charge in [0.2, 0.25) is 0 Å². The van der Waals surface area contributed by atoms with Crippen LogP contribution in [0.4, 0.5) is 4.39 Å². The first-order chi connectivity index (χ1) is 9.78. The highest BCUT2D eigenvalue weighted by atomic mass is 19.1. The number of hydrogen-bond acceptors (Lipinski definition) is 2. The van der Waals surface area contributed by atoms with Gasteiger partial charge in [0.15, 0.2) is 0 Å². The summed E-state index contributed by atoms with van der Waals surface area (Å²) < 4.78 is 18.6. The lowest BCUT2D eigenvalue weighted by molar-refractivity contribution is 0.284. The predicted molar refractivity (Wildman–Crippen MR) is 77.2 cm³/mol. The largest absolute Gasteiger partial charge is 0.489 e. The molecule has 0 aromatic heterocycles. The quantitative estimate of drug-likeness (QED) is 0.780. The van der Waals surface area contributed by atoms with E-state index < -0.39 is 0 Å². The van der Waals surface area contributed by atoms with Gasteiger partial charge in [0, 0.05) is 6.61 Å². The molecule has 0 saturated carbocycles. The number of halogens is 1. The third kappa shape index (κ3) is 4.67. The Morgan fingerprint density at radius 2 is 1.75 bits per heavy atom. The molecule has 0 fully saturated rings.